The van der Waals surface area contributed by atoms with Crippen LogP contribution in [0, 0.1) is 0 Å². The zero-order valence-corrected chi connectivity index (χ0v) is 16.5. The first-order valence-corrected chi connectivity index (χ1v) is 9.70. The van der Waals surface area contributed by atoms with E-state index >= 15 is 0 Å². The van der Waals surface area contributed by atoms with E-state index < -0.39 is 0 Å². The van der Waals surface area contributed by atoms with Gasteiger partial charge in [0, 0.05) is 37.9 Å². The topological polar surface area (TPSA) is 72.1 Å². The van der Waals surface area contributed by atoms with Crippen LogP contribution in [0.5, 0.6) is 5.75 Å². The lowest BCUT2D eigenvalue weighted by Gasteiger charge is -2.35. The van der Waals surface area contributed by atoms with Crippen molar-refractivity contribution in [1.29, 1.82) is 0 Å². The number of hydrogen-bond donors (Lipinski definition) is 1. The average molecular weight is 426 g/mol. The van der Waals surface area contributed by atoms with Gasteiger partial charge in [0.25, 0.3) is 5.91 Å². The Balaban J connectivity index is 1.91. The van der Waals surface area contributed by atoms with Gasteiger partial charge in [0.2, 0.25) is 0 Å². The number of likely N-dealkylation sites (tertiary alicyclic amines) is 1. The Labute approximate surface area is 161 Å². The number of rotatable bonds is 7. The molecule has 1 aliphatic rings. The van der Waals surface area contributed by atoms with E-state index in [4.69, 9.17) is 13.9 Å². The third kappa shape index (κ3) is 4.22. The first kappa shape index (κ1) is 19.2. The summed E-state index contributed by atoms with van der Waals surface area (Å²) < 4.78 is 17.1. The van der Waals surface area contributed by atoms with Gasteiger partial charge in [-0.2, -0.15) is 0 Å². The first-order chi connectivity index (χ1) is 12.6. The van der Waals surface area contributed by atoms with E-state index in [-0.39, 0.29) is 18.6 Å². The van der Waals surface area contributed by atoms with Crippen LogP contribution in [-0.4, -0.2) is 55.4 Å². The number of benzene rings is 1. The van der Waals surface area contributed by atoms with Crippen LogP contribution in [0.25, 0.3) is 11.0 Å². The second-order valence-corrected chi connectivity index (χ2v) is 7.22. The molecule has 1 amide bonds. The number of carbonyl (C=O) groups excluding carboxylic acids is 1. The molecule has 0 bridgehead atoms. The van der Waals surface area contributed by atoms with Crippen LogP contribution < -0.4 is 4.74 Å². The molecular weight excluding hydrogens is 402 g/mol. The molecule has 142 valence electrons. The summed E-state index contributed by atoms with van der Waals surface area (Å²) in [7, 11) is 1.62. The fraction of sp³-hybridized carbons (Fsp3) is 0.526. The Morgan fingerprint density at radius 2 is 2.19 bits per heavy atom. The number of fused-ring (bicyclic) bond motifs is 1. The standard InChI is InChI=1S/C19H24BrNO5/c1-24-8-9-25-16-10-13(11-17-15(16)12-18(20)26-17)19(23)21-6-3-2-4-14(21)5-7-22/h10-12,14,22H,2-9H2,1H3. The van der Waals surface area contributed by atoms with Crippen molar-refractivity contribution in [2.45, 2.75) is 31.7 Å². The Bertz CT molecular complexity index is 758. The molecule has 1 atom stereocenters. The van der Waals surface area contributed by atoms with Crippen molar-refractivity contribution in [3.8, 4) is 5.75 Å². The first-order valence-electron chi connectivity index (χ1n) is 8.90. The number of aliphatic hydroxyl groups is 1. The summed E-state index contributed by atoms with van der Waals surface area (Å²) in [5.74, 6) is 0.558. The van der Waals surface area contributed by atoms with E-state index in [0.29, 0.717) is 47.7 Å². The summed E-state index contributed by atoms with van der Waals surface area (Å²) in [6.45, 7) is 1.65. The van der Waals surface area contributed by atoms with E-state index in [2.05, 4.69) is 15.9 Å². The molecule has 1 saturated heterocycles. The molecule has 1 aromatic carbocycles. The van der Waals surface area contributed by atoms with Gasteiger partial charge in [0.05, 0.1) is 12.0 Å². The van der Waals surface area contributed by atoms with Crippen molar-refractivity contribution in [3.05, 3.63) is 28.4 Å². The third-order valence-corrected chi connectivity index (χ3v) is 5.10. The average Bonchev–Trinajstić information content (AvgIpc) is 3.02. The molecule has 1 unspecified atom stereocenters. The highest BCUT2D eigenvalue weighted by Gasteiger charge is 2.28. The maximum atomic E-state index is 13.1. The van der Waals surface area contributed by atoms with Gasteiger partial charge in [-0.1, -0.05) is 0 Å². The highest BCUT2D eigenvalue weighted by Crippen LogP contribution is 2.34. The Kier molecular flexibility index (Phi) is 6.56. The SMILES string of the molecule is COCCOc1cc(C(=O)N2CCCCC2CCO)cc2oc(Br)cc12. The number of hydrogen-bond acceptors (Lipinski definition) is 5. The fourth-order valence-corrected chi connectivity index (χ4v) is 3.84. The lowest BCUT2D eigenvalue weighted by Crippen LogP contribution is -2.44. The van der Waals surface area contributed by atoms with E-state index in [1.165, 1.54) is 0 Å². The van der Waals surface area contributed by atoms with Crippen molar-refractivity contribution < 1.29 is 23.8 Å². The second kappa shape index (κ2) is 8.88. The van der Waals surface area contributed by atoms with Crippen LogP contribution in [0.15, 0.2) is 27.3 Å². The minimum atomic E-state index is -0.0471. The molecule has 26 heavy (non-hydrogen) atoms. The van der Waals surface area contributed by atoms with Crippen LogP contribution in [0.3, 0.4) is 0 Å². The highest BCUT2D eigenvalue weighted by molar-refractivity contribution is 9.10. The second-order valence-electron chi connectivity index (χ2n) is 6.44. The Hall–Kier alpha value is -1.57. The summed E-state index contributed by atoms with van der Waals surface area (Å²) in [4.78, 5) is 15.0. The summed E-state index contributed by atoms with van der Waals surface area (Å²) in [6, 6.07) is 5.45. The number of piperidine rings is 1. The summed E-state index contributed by atoms with van der Waals surface area (Å²) in [5.41, 5.74) is 1.14. The molecule has 0 saturated carbocycles. The number of amides is 1. The number of furan rings is 1. The normalized spacial score (nSPS) is 17.7. The van der Waals surface area contributed by atoms with Gasteiger partial charge in [-0.3, -0.25) is 4.79 Å². The number of aliphatic hydroxyl groups excluding tert-OH is 1. The Morgan fingerprint density at radius 1 is 1.35 bits per heavy atom. The van der Waals surface area contributed by atoms with Crippen LogP contribution >= 0.6 is 15.9 Å². The van der Waals surface area contributed by atoms with Gasteiger partial charge in [-0.25, -0.2) is 0 Å². The van der Waals surface area contributed by atoms with Gasteiger partial charge in [-0.05, 0) is 53.7 Å². The maximum Gasteiger partial charge on any atom is 0.254 e. The number of ether oxygens (including phenoxy) is 2. The number of methoxy groups -OCH3 is 1. The molecule has 6 nitrogen and oxygen atoms in total. The van der Waals surface area contributed by atoms with Crippen LogP contribution in [0.4, 0.5) is 0 Å². The molecule has 0 spiro atoms. The van der Waals surface area contributed by atoms with Crippen LogP contribution in [0.2, 0.25) is 0 Å². The molecular formula is C19H24BrNO5. The van der Waals surface area contributed by atoms with E-state index in [0.717, 1.165) is 24.6 Å². The monoisotopic (exact) mass is 425 g/mol. The minimum Gasteiger partial charge on any atom is -0.490 e. The quantitative estimate of drug-likeness (QED) is 0.686. The van der Waals surface area contributed by atoms with Gasteiger partial charge < -0.3 is 23.9 Å². The predicted molar refractivity (Wildman–Crippen MR) is 102 cm³/mol. The molecule has 1 fully saturated rings. The van der Waals surface area contributed by atoms with E-state index in [1.54, 1.807) is 19.2 Å². The van der Waals surface area contributed by atoms with Gasteiger partial charge in [0.1, 0.15) is 17.9 Å². The lowest BCUT2D eigenvalue weighted by molar-refractivity contribution is 0.0574. The summed E-state index contributed by atoms with van der Waals surface area (Å²) in [5, 5.41) is 10.1. The molecule has 7 heteroatoms. The maximum absolute atomic E-state index is 13.1. The Morgan fingerprint density at radius 3 is 2.96 bits per heavy atom. The summed E-state index contributed by atoms with van der Waals surface area (Å²) >= 11 is 3.34. The van der Waals surface area contributed by atoms with E-state index in [1.807, 2.05) is 11.0 Å². The molecule has 1 aliphatic heterocycles. The lowest BCUT2D eigenvalue weighted by atomic mass is 9.98. The number of nitrogens with zero attached hydrogens (tertiary/aromatic N) is 1. The molecule has 0 aliphatic carbocycles. The minimum absolute atomic E-state index is 0.0471. The number of carbonyl (C=O) groups is 1. The fourth-order valence-electron chi connectivity index (χ4n) is 3.44. The van der Waals surface area contributed by atoms with Gasteiger partial charge in [0.15, 0.2) is 4.67 Å². The summed E-state index contributed by atoms with van der Waals surface area (Å²) in [6.07, 6.45) is 3.61. The zero-order valence-electron chi connectivity index (χ0n) is 14.9. The zero-order chi connectivity index (χ0) is 18.5. The van der Waals surface area contributed by atoms with Crippen molar-refractivity contribution in [1.82, 2.24) is 4.90 Å². The molecule has 1 aromatic heterocycles. The highest BCUT2D eigenvalue weighted by atomic mass is 79.9. The van der Waals surface area contributed by atoms with Crippen molar-refractivity contribution >= 4 is 32.8 Å². The molecule has 2 aromatic rings. The van der Waals surface area contributed by atoms with Gasteiger partial charge in [-0.15, -0.1) is 0 Å². The van der Waals surface area contributed by atoms with Crippen LogP contribution in [-0.2, 0) is 4.74 Å². The smallest absolute Gasteiger partial charge is 0.254 e. The molecule has 2 heterocycles. The van der Waals surface area contributed by atoms with Crippen molar-refractivity contribution in [2.75, 3.05) is 33.5 Å². The molecule has 1 N–H and O–H groups in total. The molecule has 3 rings (SSSR count). The van der Waals surface area contributed by atoms with Gasteiger partial charge >= 0.3 is 0 Å². The number of halogens is 1. The third-order valence-electron chi connectivity index (χ3n) is 4.71. The van der Waals surface area contributed by atoms with E-state index in [9.17, 15) is 9.90 Å². The predicted octanol–water partition coefficient (Wildman–Crippen LogP) is 3.60. The van der Waals surface area contributed by atoms with Crippen molar-refractivity contribution in [3.63, 3.8) is 0 Å². The largest absolute Gasteiger partial charge is 0.490 e. The van der Waals surface area contributed by atoms with Crippen molar-refractivity contribution in [2.24, 2.45) is 0 Å². The van der Waals surface area contributed by atoms with Crippen LogP contribution in [0.1, 0.15) is 36.0 Å². The molecule has 0 radical (unpaired) electrons.